The first-order valence-electron chi connectivity index (χ1n) is 5.18. The van der Waals surface area contributed by atoms with Crippen LogP contribution < -0.4 is 5.73 Å². The highest BCUT2D eigenvalue weighted by atomic mass is 79.9. The number of thioether (sulfide) groups is 1. The molecule has 3 nitrogen and oxygen atoms in total. The highest BCUT2D eigenvalue weighted by molar-refractivity contribution is 9.10. The molecular formula is C12H12BrN3S. The van der Waals surface area contributed by atoms with Gasteiger partial charge in [0, 0.05) is 22.1 Å². The molecule has 0 spiro atoms. The third kappa shape index (κ3) is 3.52. The molecule has 0 fully saturated rings. The minimum absolute atomic E-state index is 0.454. The summed E-state index contributed by atoms with van der Waals surface area (Å²) in [6.07, 6.45) is 1.76. The van der Waals surface area contributed by atoms with E-state index in [1.54, 1.807) is 18.0 Å². The lowest BCUT2D eigenvalue weighted by molar-refractivity contribution is 0.918. The summed E-state index contributed by atoms with van der Waals surface area (Å²) in [7, 11) is 0. The second-order valence-electron chi connectivity index (χ2n) is 3.39. The van der Waals surface area contributed by atoms with Crippen LogP contribution in [-0.4, -0.2) is 9.97 Å². The van der Waals surface area contributed by atoms with Crippen LogP contribution in [0.2, 0.25) is 0 Å². The second kappa shape index (κ2) is 6.14. The van der Waals surface area contributed by atoms with Gasteiger partial charge < -0.3 is 5.73 Å². The van der Waals surface area contributed by atoms with Crippen molar-refractivity contribution >= 4 is 27.7 Å². The molecule has 1 aromatic heterocycles. The van der Waals surface area contributed by atoms with Gasteiger partial charge in [0.25, 0.3) is 0 Å². The Morgan fingerprint density at radius 3 is 2.82 bits per heavy atom. The Morgan fingerprint density at radius 1 is 1.24 bits per heavy atom. The standard InChI is InChI=1S/C12H12BrN3S/c13-10-3-1-2-4-11(10)17-8-12-15-6-5-9(7-14)16-12/h1-6H,7-8,14H2. The maximum absolute atomic E-state index is 5.55. The van der Waals surface area contributed by atoms with Gasteiger partial charge in [-0.3, -0.25) is 0 Å². The Morgan fingerprint density at radius 2 is 2.06 bits per heavy atom. The first kappa shape index (κ1) is 12.5. The summed E-state index contributed by atoms with van der Waals surface area (Å²) >= 11 is 5.22. The summed E-state index contributed by atoms with van der Waals surface area (Å²) in [4.78, 5) is 9.78. The van der Waals surface area contributed by atoms with Crippen LogP contribution in [0.25, 0.3) is 0 Å². The second-order valence-corrected chi connectivity index (χ2v) is 5.26. The van der Waals surface area contributed by atoms with E-state index in [1.165, 1.54) is 4.90 Å². The zero-order valence-corrected chi connectivity index (χ0v) is 11.5. The van der Waals surface area contributed by atoms with Crippen LogP contribution >= 0.6 is 27.7 Å². The Bertz CT molecular complexity index is 505. The van der Waals surface area contributed by atoms with Crippen LogP contribution in [0, 0.1) is 0 Å². The number of nitrogens with two attached hydrogens (primary N) is 1. The predicted octanol–water partition coefficient (Wildman–Crippen LogP) is 2.99. The summed E-state index contributed by atoms with van der Waals surface area (Å²) in [5, 5.41) is 0. The molecule has 2 rings (SSSR count). The molecule has 17 heavy (non-hydrogen) atoms. The van der Waals surface area contributed by atoms with Crippen molar-refractivity contribution < 1.29 is 0 Å². The van der Waals surface area contributed by atoms with Crippen molar-refractivity contribution in [3.63, 3.8) is 0 Å². The number of benzene rings is 1. The smallest absolute Gasteiger partial charge is 0.138 e. The molecule has 0 bridgehead atoms. The average Bonchev–Trinajstić information content (AvgIpc) is 2.38. The van der Waals surface area contributed by atoms with Crippen LogP contribution in [0.1, 0.15) is 11.5 Å². The van der Waals surface area contributed by atoms with E-state index in [-0.39, 0.29) is 0 Å². The molecule has 0 aliphatic rings. The lowest BCUT2D eigenvalue weighted by atomic mass is 10.4. The van der Waals surface area contributed by atoms with Gasteiger partial charge in [0.05, 0.1) is 11.4 Å². The molecule has 5 heteroatoms. The van der Waals surface area contributed by atoms with E-state index in [4.69, 9.17) is 5.73 Å². The van der Waals surface area contributed by atoms with Gasteiger partial charge in [0.1, 0.15) is 5.82 Å². The molecule has 0 aliphatic heterocycles. The number of hydrogen-bond acceptors (Lipinski definition) is 4. The van der Waals surface area contributed by atoms with Crippen LogP contribution in [0.3, 0.4) is 0 Å². The molecule has 0 saturated heterocycles. The maximum atomic E-state index is 5.55. The van der Waals surface area contributed by atoms with E-state index in [0.29, 0.717) is 6.54 Å². The lowest BCUT2D eigenvalue weighted by Gasteiger charge is -2.04. The zero-order chi connectivity index (χ0) is 12.1. The van der Waals surface area contributed by atoms with Crippen LogP contribution in [0.15, 0.2) is 45.9 Å². The highest BCUT2D eigenvalue weighted by Gasteiger charge is 2.02. The number of hydrogen-bond donors (Lipinski definition) is 1. The van der Waals surface area contributed by atoms with Gasteiger partial charge in [-0.15, -0.1) is 11.8 Å². The molecule has 1 aromatic carbocycles. The minimum Gasteiger partial charge on any atom is -0.325 e. The van der Waals surface area contributed by atoms with Crippen LogP contribution in [0.5, 0.6) is 0 Å². The quantitative estimate of drug-likeness (QED) is 0.882. The number of aromatic nitrogens is 2. The minimum atomic E-state index is 0.454. The van der Waals surface area contributed by atoms with Gasteiger partial charge in [-0.25, -0.2) is 9.97 Å². The molecule has 1 heterocycles. The first-order chi connectivity index (χ1) is 8.29. The largest absolute Gasteiger partial charge is 0.325 e. The third-order valence-electron chi connectivity index (χ3n) is 2.17. The van der Waals surface area contributed by atoms with Gasteiger partial charge in [0.15, 0.2) is 0 Å². The SMILES string of the molecule is NCc1ccnc(CSc2ccccc2Br)n1. The van der Waals surface area contributed by atoms with Crippen molar-refractivity contribution in [2.24, 2.45) is 5.73 Å². The fourth-order valence-electron chi connectivity index (χ4n) is 1.33. The number of halogens is 1. The molecule has 2 N–H and O–H groups in total. The fourth-order valence-corrected chi connectivity index (χ4v) is 2.76. The lowest BCUT2D eigenvalue weighted by Crippen LogP contribution is -2.02. The van der Waals surface area contributed by atoms with Crippen molar-refractivity contribution in [1.82, 2.24) is 9.97 Å². The Hall–Kier alpha value is -0.910. The zero-order valence-electron chi connectivity index (χ0n) is 9.14. The third-order valence-corrected chi connectivity index (χ3v) is 4.19. The number of nitrogens with zero attached hydrogens (tertiary/aromatic N) is 2. The average molecular weight is 310 g/mol. The molecule has 88 valence electrons. The van der Waals surface area contributed by atoms with Gasteiger partial charge >= 0.3 is 0 Å². The molecule has 2 aromatic rings. The van der Waals surface area contributed by atoms with Crippen molar-refractivity contribution in [3.8, 4) is 0 Å². The number of rotatable bonds is 4. The van der Waals surface area contributed by atoms with Gasteiger partial charge in [-0.1, -0.05) is 12.1 Å². The van der Waals surface area contributed by atoms with Crippen molar-refractivity contribution in [3.05, 3.63) is 52.5 Å². The van der Waals surface area contributed by atoms with E-state index < -0.39 is 0 Å². The fraction of sp³-hybridized carbons (Fsp3) is 0.167. The van der Waals surface area contributed by atoms with E-state index in [2.05, 4.69) is 32.0 Å². The topological polar surface area (TPSA) is 51.8 Å². The molecule has 0 saturated carbocycles. The molecule has 0 amide bonds. The van der Waals surface area contributed by atoms with Crippen molar-refractivity contribution in [2.75, 3.05) is 0 Å². The summed E-state index contributed by atoms with van der Waals surface area (Å²) in [5.74, 6) is 1.56. The molecule has 0 radical (unpaired) electrons. The van der Waals surface area contributed by atoms with Gasteiger partial charge in [-0.2, -0.15) is 0 Å². The van der Waals surface area contributed by atoms with Gasteiger partial charge in [0.2, 0.25) is 0 Å². The Kier molecular flexibility index (Phi) is 4.53. The van der Waals surface area contributed by atoms with Crippen molar-refractivity contribution in [1.29, 1.82) is 0 Å². The summed E-state index contributed by atoms with van der Waals surface area (Å²) < 4.78 is 1.10. The first-order valence-corrected chi connectivity index (χ1v) is 6.95. The maximum Gasteiger partial charge on any atom is 0.138 e. The molecule has 0 atom stereocenters. The van der Waals surface area contributed by atoms with Crippen LogP contribution in [-0.2, 0) is 12.3 Å². The van der Waals surface area contributed by atoms with E-state index >= 15 is 0 Å². The van der Waals surface area contributed by atoms with Crippen molar-refractivity contribution in [2.45, 2.75) is 17.2 Å². The normalized spacial score (nSPS) is 10.5. The van der Waals surface area contributed by atoms with Crippen LogP contribution in [0.4, 0.5) is 0 Å². The highest BCUT2D eigenvalue weighted by Crippen LogP contribution is 2.28. The Labute approximate surface area is 113 Å². The molecule has 0 unspecified atom stereocenters. The van der Waals surface area contributed by atoms with E-state index in [0.717, 1.165) is 21.7 Å². The van der Waals surface area contributed by atoms with E-state index in [9.17, 15) is 0 Å². The summed E-state index contributed by atoms with van der Waals surface area (Å²) in [6.45, 7) is 0.454. The predicted molar refractivity (Wildman–Crippen MR) is 73.6 cm³/mol. The summed E-state index contributed by atoms with van der Waals surface area (Å²) in [5.41, 5.74) is 6.42. The Balaban J connectivity index is 2.05. The van der Waals surface area contributed by atoms with E-state index in [1.807, 2.05) is 24.3 Å². The monoisotopic (exact) mass is 309 g/mol. The molecular weight excluding hydrogens is 298 g/mol. The molecule has 0 aliphatic carbocycles. The van der Waals surface area contributed by atoms with Gasteiger partial charge in [-0.05, 0) is 34.1 Å². The summed E-state index contributed by atoms with van der Waals surface area (Å²) in [6, 6.07) is 9.96.